The zero-order valence-electron chi connectivity index (χ0n) is 15.0. The van der Waals surface area contributed by atoms with Crippen molar-refractivity contribution in [2.45, 2.75) is 46.2 Å². The number of non-ortho nitro benzene ring substituents is 1. The molecule has 0 aliphatic heterocycles. The van der Waals surface area contributed by atoms with Gasteiger partial charge in [-0.25, -0.2) is 0 Å². The lowest BCUT2D eigenvalue weighted by Crippen LogP contribution is -2.52. The van der Waals surface area contributed by atoms with Crippen LogP contribution in [0, 0.1) is 22.0 Å². The minimum atomic E-state index is -0.729. The molecule has 0 bridgehead atoms. The monoisotopic (exact) mass is 350 g/mol. The first-order valence-electron chi connectivity index (χ1n) is 8.23. The van der Waals surface area contributed by atoms with Crippen molar-refractivity contribution in [3.63, 3.8) is 0 Å². The number of nitro groups is 1. The maximum atomic E-state index is 12.5. The summed E-state index contributed by atoms with van der Waals surface area (Å²) in [6, 6.07) is 4.09. The van der Waals surface area contributed by atoms with Crippen molar-refractivity contribution >= 4 is 23.2 Å². The molecule has 138 valence electrons. The number of nitro benzene ring substituents is 1. The molecule has 0 heterocycles. The molecule has 0 radical (unpaired) electrons. The van der Waals surface area contributed by atoms with E-state index in [9.17, 15) is 19.7 Å². The molecule has 25 heavy (non-hydrogen) atoms. The summed E-state index contributed by atoms with van der Waals surface area (Å²) in [5, 5.41) is 16.0. The number of nitrogens with two attached hydrogens (primary N) is 1. The van der Waals surface area contributed by atoms with Crippen molar-refractivity contribution < 1.29 is 14.5 Å². The number of hydrogen-bond acceptors (Lipinski definition) is 5. The molecule has 2 atom stereocenters. The van der Waals surface area contributed by atoms with Crippen molar-refractivity contribution in [2.75, 3.05) is 5.32 Å². The van der Waals surface area contributed by atoms with Crippen LogP contribution in [-0.4, -0.2) is 28.8 Å². The van der Waals surface area contributed by atoms with Crippen LogP contribution in [-0.2, 0) is 9.59 Å². The highest BCUT2D eigenvalue weighted by Crippen LogP contribution is 2.16. The molecule has 0 saturated carbocycles. The number of anilines is 1. The third-order valence-electron chi connectivity index (χ3n) is 3.71. The molecular weight excluding hydrogens is 324 g/mol. The van der Waals surface area contributed by atoms with Gasteiger partial charge in [-0.3, -0.25) is 19.7 Å². The molecule has 4 N–H and O–H groups in total. The van der Waals surface area contributed by atoms with Gasteiger partial charge in [0.25, 0.3) is 5.69 Å². The molecule has 0 aliphatic rings. The van der Waals surface area contributed by atoms with Gasteiger partial charge in [0.1, 0.15) is 6.04 Å². The van der Waals surface area contributed by atoms with Gasteiger partial charge in [-0.1, -0.05) is 27.7 Å². The van der Waals surface area contributed by atoms with Crippen LogP contribution in [0.5, 0.6) is 0 Å². The lowest BCUT2D eigenvalue weighted by Gasteiger charge is -2.23. The average molecular weight is 350 g/mol. The number of carbonyl (C=O) groups excluding carboxylic acids is 2. The van der Waals surface area contributed by atoms with Gasteiger partial charge in [-0.05, 0) is 30.4 Å². The first-order chi connectivity index (χ1) is 11.6. The van der Waals surface area contributed by atoms with Crippen molar-refractivity contribution in [3.8, 4) is 0 Å². The Hall–Kier alpha value is -2.48. The third kappa shape index (κ3) is 6.50. The topological polar surface area (TPSA) is 127 Å². The molecule has 0 saturated heterocycles. The fourth-order valence-corrected chi connectivity index (χ4v) is 2.17. The zero-order chi connectivity index (χ0) is 19.1. The number of carbonyl (C=O) groups is 2. The minimum absolute atomic E-state index is 0.0440. The molecule has 0 spiro atoms. The predicted octanol–water partition coefficient (Wildman–Crippen LogP) is 2.05. The van der Waals surface area contributed by atoms with Gasteiger partial charge in [0, 0.05) is 17.8 Å². The van der Waals surface area contributed by atoms with Crippen LogP contribution >= 0.6 is 0 Å². The Morgan fingerprint density at radius 1 is 1.12 bits per heavy atom. The van der Waals surface area contributed by atoms with Gasteiger partial charge in [0.05, 0.1) is 11.0 Å². The van der Waals surface area contributed by atoms with Crippen molar-refractivity contribution in [1.82, 2.24) is 5.32 Å². The van der Waals surface area contributed by atoms with Gasteiger partial charge >= 0.3 is 0 Å². The van der Waals surface area contributed by atoms with Crippen molar-refractivity contribution in [1.29, 1.82) is 0 Å². The van der Waals surface area contributed by atoms with Gasteiger partial charge in [0.15, 0.2) is 0 Å². The van der Waals surface area contributed by atoms with Crippen molar-refractivity contribution in [3.05, 3.63) is 34.4 Å². The first-order valence-corrected chi connectivity index (χ1v) is 8.23. The second kappa shape index (κ2) is 9.12. The van der Waals surface area contributed by atoms with E-state index in [2.05, 4.69) is 10.6 Å². The van der Waals surface area contributed by atoms with E-state index in [1.807, 2.05) is 27.7 Å². The number of nitrogens with one attached hydrogen (secondary N) is 2. The molecule has 8 nitrogen and oxygen atoms in total. The van der Waals surface area contributed by atoms with E-state index in [4.69, 9.17) is 5.73 Å². The summed E-state index contributed by atoms with van der Waals surface area (Å²) in [6.45, 7) is 7.55. The highest BCUT2D eigenvalue weighted by molar-refractivity contribution is 5.97. The van der Waals surface area contributed by atoms with E-state index >= 15 is 0 Å². The maximum absolute atomic E-state index is 12.5. The van der Waals surface area contributed by atoms with Crippen LogP contribution in [0.25, 0.3) is 0 Å². The van der Waals surface area contributed by atoms with Crippen LogP contribution in [0.1, 0.15) is 34.1 Å². The summed E-state index contributed by atoms with van der Waals surface area (Å²) in [5.74, 6) is -0.619. The minimum Gasteiger partial charge on any atom is -0.343 e. The Bertz CT molecular complexity index is 614. The Morgan fingerprint density at radius 3 is 2.12 bits per heavy atom. The number of amides is 2. The van der Waals surface area contributed by atoms with E-state index < -0.39 is 17.0 Å². The van der Waals surface area contributed by atoms with Crippen LogP contribution in [0.2, 0.25) is 0 Å². The summed E-state index contributed by atoms with van der Waals surface area (Å²) in [7, 11) is 0. The Balaban J connectivity index is 2.82. The molecule has 1 aromatic rings. The highest BCUT2D eigenvalue weighted by atomic mass is 16.6. The van der Waals surface area contributed by atoms with Crippen LogP contribution in [0.15, 0.2) is 24.3 Å². The number of nitrogens with zero attached hydrogens (tertiary/aromatic N) is 1. The standard InChI is InChI=1S/C17H26N4O4/c1-10(2)9-14(20-17(23)15(18)11(3)4)16(22)19-12-5-7-13(8-6-12)21(24)25/h5-8,10-11,14-15H,9,18H2,1-4H3,(H,19,22)(H,20,23)/t14-,15-/m0/s1. The van der Waals surface area contributed by atoms with Gasteiger partial charge in [0.2, 0.25) is 11.8 Å². The first kappa shape index (κ1) is 20.6. The summed E-state index contributed by atoms with van der Waals surface area (Å²) in [4.78, 5) is 34.8. The largest absolute Gasteiger partial charge is 0.343 e. The van der Waals surface area contributed by atoms with Gasteiger partial charge in [-0.15, -0.1) is 0 Å². The molecule has 2 amide bonds. The molecule has 0 aliphatic carbocycles. The van der Waals surface area contributed by atoms with Gasteiger partial charge in [-0.2, -0.15) is 0 Å². The Kier molecular flexibility index (Phi) is 7.50. The fourth-order valence-electron chi connectivity index (χ4n) is 2.17. The van der Waals surface area contributed by atoms with Crippen molar-refractivity contribution in [2.24, 2.45) is 17.6 Å². The second-order valence-electron chi connectivity index (χ2n) is 6.75. The lowest BCUT2D eigenvalue weighted by molar-refractivity contribution is -0.384. The molecule has 0 unspecified atom stereocenters. The molecule has 8 heteroatoms. The molecular formula is C17H26N4O4. The SMILES string of the molecule is CC(C)C[C@H](NC(=O)[C@@H](N)C(C)C)C(=O)Nc1ccc([N+](=O)[O-])cc1. The Labute approximate surface area is 147 Å². The van der Waals surface area contributed by atoms with Crippen LogP contribution < -0.4 is 16.4 Å². The zero-order valence-corrected chi connectivity index (χ0v) is 15.0. The van der Waals surface area contributed by atoms with Crippen LogP contribution in [0.4, 0.5) is 11.4 Å². The number of rotatable bonds is 8. The second-order valence-corrected chi connectivity index (χ2v) is 6.75. The van der Waals surface area contributed by atoms with E-state index in [1.165, 1.54) is 24.3 Å². The summed E-state index contributed by atoms with van der Waals surface area (Å²) in [6.07, 6.45) is 0.454. The van der Waals surface area contributed by atoms with E-state index in [1.54, 1.807) is 0 Å². The molecule has 0 fully saturated rings. The maximum Gasteiger partial charge on any atom is 0.269 e. The normalized spacial score (nSPS) is 13.4. The van der Waals surface area contributed by atoms with E-state index in [0.29, 0.717) is 12.1 Å². The predicted molar refractivity (Wildman–Crippen MR) is 95.9 cm³/mol. The fraction of sp³-hybridized carbons (Fsp3) is 0.529. The summed E-state index contributed by atoms with van der Waals surface area (Å²) in [5.41, 5.74) is 6.19. The molecule has 0 aromatic heterocycles. The van der Waals surface area contributed by atoms with E-state index in [0.717, 1.165) is 0 Å². The number of hydrogen-bond donors (Lipinski definition) is 3. The van der Waals surface area contributed by atoms with Crippen LogP contribution in [0.3, 0.4) is 0 Å². The summed E-state index contributed by atoms with van der Waals surface area (Å²) >= 11 is 0. The van der Waals surface area contributed by atoms with Gasteiger partial charge < -0.3 is 16.4 Å². The third-order valence-corrected chi connectivity index (χ3v) is 3.71. The molecule has 1 aromatic carbocycles. The smallest absolute Gasteiger partial charge is 0.269 e. The Morgan fingerprint density at radius 2 is 1.68 bits per heavy atom. The highest BCUT2D eigenvalue weighted by Gasteiger charge is 2.26. The average Bonchev–Trinajstić information content (AvgIpc) is 2.53. The lowest BCUT2D eigenvalue weighted by atomic mass is 10.0. The molecule has 1 rings (SSSR count). The quantitative estimate of drug-likeness (QED) is 0.488. The number of benzene rings is 1. The van der Waals surface area contributed by atoms with E-state index in [-0.39, 0.29) is 29.3 Å². The summed E-state index contributed by atoms with van der Waals surface area (Å²) < 4.78 is 0.